The quantitative estimate of drug-likeness (QED) is 0.618. The average Bonchev–Trinajstić information content (AvgIpc) is 2.87. The molecule has 0 atom stereocenters. The van der Waals surface area contributed by atoms with Gasteiger partial charge in [0.1, 0.15) is 0 Å². The average molecular weight is 444 g/mol. The number of esters is 1. The smallest absolute Gasteiger partial charge is 0.311 e. The molecular formula is C22H22ClN3O3S. The lowest BCUT2D eigenvalue weighted by molar-refractivity contribution is -0.139. The van der Waals surface area contributed by atoms with Crippen molar-refractivity contribution in [2.24, 2.45) is 4.99 Å². The monoisotopic (exact) mass is 443 g/mol. The Morgan fingerprint density at radius 2 is 1.93 bits per heavy atom. The Morgan fingerprint density at radius 3 is 2.67 bits per heavy atom. The van der Waals surface area contributed by atoms with Crippen LogP contribution in [0.1, 0.15) is 17.5 Å². The van der Waals surface area contributed by atoms with Crippen molar-refractivity contribution in [3.63, 3.8) is 0 Å². The molecule has 1 heterocycles. The molecule has 0 unspecified atom stereocenters. The Labute approximate surface area is 184 Å². The zero-order valence-corrected chi connectivity index (χ0v) is 18.5. The fourth-order valence-corrected chi connectivity index (χ4v) is 3.71. The number of aliphatic imine (C=N–C) groups is 1. The number of amides is 1. The van der Waals surface area contributed by atoms with Crippen LogP contribution in [0.5, 0.6) is 0 Å². The molecule has 0 radical (unpaired) electrons. The molecule has 156 valence electrons. The largest absolute Gasteiger partial charge is 0.469 e. The van der Waals surface area contributed by atoms with E-state index in [0.717, 1.165) is 22.5 Å². The molecule has 2 N–H and O–H groups in total. The van der Waals surface area contributed by atoms with Crippen molar-refractivity contribution < 1.29 is 14.3 Å². The highest BCUT2D eigenvalue weighted by molar-refractivity contribution is 8.14. The SMILES string of the molecule is COC(=O)CC1=CC(SCC(=O)Nc2ccccc2Cl)=Nc2cc(C)c(C)cc2N1. The number of nitrogens with one attached hydrogen (secondary N) is 2. The van der Waals surface area contributed by atoms with Crippen molar-refractivity contribution in [3.8, 4) is 0 Å². The topological polar surface area (TPSA) is 79.8 Å². The van der Waals surface area contributed by atoms with Gasteiger partial charge in [0.25, 0.3) is 0 Å². The molecule has 1 aliphatic heterocycles. The van der Waals surface area contributed by atoms with Gasteiger partial charge in [-0.1, -0.05) is 35.5 Å². The second kappa shape index (κ2) is 9.82. The fraction of sp³-hybridized carbons (Fsp3) is 0.227. The zero-order chi connectivity index (χ0) is 21.7. The van der Waals surface area contributed by atoms with Gasteiger partial charge in [0.2, 0.25) is 5.91 Å². The highest BCUT2D eigenvalue weighted by atomic mass is 35.5. The van der Waals surface area contributed by atoms with Crippen molar-refractivity contribution in [2.45, 2.75) is 20.3 Å². The van der Waals surface area contributed by atoms with Crippen LogP contribution in [0.4, 0.5) is 17.1 Å². The van der Waals surface area contributed by atoms with Gasteiger partial charge in [-0.05, 0) is 55.3 Å². The lowest BCUT2D eigenvalue weighted by Gasteiger charge is -2.12. The van der Waals surface area contributed by atoms with Crippen LogP contribution in [-0.2, 0) is 14.3 Å². The number of methoxy groups -OCH3 is 1. The number of thioether (sulfide) groups is 1. The third-order valence-electron chi connectivity index (χ3n) is 4.50. The van der Waals surface area contributed by atoms with Crippen LogP contribution < -0.4 is 10.6 Å². The van der Waals surface area contributed by atoms with E-state index in [1.165, 1.54) is 18.9 Å². The van der Waals surface area contributed by atoms with E-state index in [9.17, 15) is 9.59 Å². The summed E-state index contributed by atoms with van der Waals surface area (Å²) in [5.74, 6) is -0.412. The van der Waals surface area contributed by atoms with Crippen LogP contribution in [-0.4, -0.2) is 29.8 Å². The van der Waals surface area contributed by atoms with E-state index in [0.29, 0.717) is 21.5 Å². The van der Waals surface area contributed by atoms with Crippen molar-refractivity contribution in [2.75, 3.05) is 23.5 Å². The molecule has 6 nitrogen and oxygen atoms in total. The number of hydrogen-bond acceptors (Lipinski definition) is 6. The Morgan fingerprint density at radius 1 is 1.20 bits per heavy atom. The summed E-state index contributed by atoms with van der Waals surface area (Å²) in [7, 11) is 1.35. The lowest BCUT2D eigenvalue weighted by Crippen LogP contribution is -2.15. The van der Waals surface area contributed by atoms with Gasteiger partial charge in [-0.15, -0.1) is 0 Å². The minimum atomic E-state index is -0.359. The molecule has 1 aliphatic rings. The highest BCUT2D eigenvalue weighted by Gasteiger charge is 2.16. The van der Waals surface area contributed by atoms with Crippen LogP contribution in [0, 0.1) is 13.8 Å². The Kier molecular flexibility index (Phi) is 7.18. The van der Waals surface area contributed by atoms with E-state index in [-0.39, 0.29) is 24.1 Å². The molecule has 0 aliphatic carbocycles. The minimum Gasteiger partial charge on any atom is -0.469 e. The maximum Gasteiger partial charge on any atom is 0.311 e. The van der Waals surface area contributed by atoms with Gasteiger partial charge in [-0.25, -0.2) is 4.99 Å². The summed E-state index contributed by atoms with van der Waals surface area (Å²) in [6.45, 7) is 4.03. The molecule has 3 rings (SSSR count). The number of nitrogens with zero attached hydrogens (tertiary/aromatic N) is 1. The van der Waals surface area contributed by atoms with Gasteiger partial charge < -0.3 is 15.4 Å². The maximum absolute atomic E-state index is 12.4. The summed E-state index contributed by atoms with van der Waals surface area (Å²) in [6.07, 6.45) is 1.85. The predicted molar refractivity (Wildman–Crippen MR) is 124 cm³/mol. The predicted octanol–water partition coefficient (Wildman–Crippen LogP) is 5.23. The van der Waals surface area contributed by atoms with E-state index in [1.807, 2.05) is 26.0 Å². The Bertz CT molecular complexity index is 1050. The number of carbonyl (C=O) groups is 2. The number of fused-ring (bicyclic) bond motifs is 1. The molecule has 8 heteroatoms. The van der Waals surface area contributed by atoms with Crippen molar-refractivity contribution >= 4 is 57.3 Å². The summed E-state index contributed by atoms with van der Waals surface area (Å²) in [5.41, 5.74) is 5.00. The number of carbonyl (C=O) groups excluding carboxylic acids is 2. The molecule has 0 aromatic heterocycles. The van der Waals surface area contributed by atoms with Crippen LogP contribution in [0.3, 0.4) is 0 Å². The van der Waals surface area contributed by atoms with Crippen molar-refractivity contribution in [1.29, 1.82) is 0 Å². The third-order valence-corrected chi connectivity index (χ3v) is 5.74. The summed E-state index contributed by atoms with van der Waals surface area (Å²) in [5, 5.41) is 7.17. The summed E-state index contributed by atoms with van der Waals surface area (Å²) in [6, 6.07) is 11.0. The molecule has 0 spiro atoms. The van der Waals surface area contributed by atoms with Crippen molar-refractivity contribution in [1.82, 2.24) is 0 Å². The van der Waals surface area contributed by atoms with Gasteiger partial charge in [0.05, 0.1) is 46.4 Å². The van der Waals surface area contributed by atoms with Gasteiger partial charge >= 0.3 is 5.97 Å². The third kappa shape index (κ3) is 5.64. The second-order valence-electron chi connectivity index (χ2n) is 6.77. The normalized spacial score (nSPS) is 12.7. The lowest BCUT2D eigenvalue weighted by atomic mass is 10.1. The van der Waals surface area contributed by atoms with E-state index in [4.69, 9.17) is 21.3 Å². The molecular weight excluding hydrogens is 422 g/mol. The number of anilines is 2. The second-order valence-corrected chi connectivity index (χ2v) is 8.17. The van der Waals surface area contributed by atoms with E-state index in [2.05, 4.69) is 10.6 Å². The molecule has 2 aromatic carbocycles. The van der Waals surface area contributed by atoms with Gasteiger partial charge in [-0.3, -0.25) is 9.59 Å². The molecule has 0 saturated heterocycles. The molecule has 2 aromatic rings. The van der Waals surface area contributed by atoms with Gasteiger partial charge in [0, 0.05) is 5.70 Å². The zero-order valence-electron chi connectivity index (χ0n) is 16.9. The number of para-hydroxylation sites is 1. The molecule has 1 amide bonds. The summed E-state index contributed by atoms with van der Waals surface area (Å²) in [4.78, 5) is 28.9. The molecule has 30 heavy (non-hydrogen) atoms. The van der Waals surface area contributed by atoms with E-state index >= 15 is 0 Å². The minimum absolute atomic E-state index is 0.0776. The number of rotatable bonds is 5. The van der Waals surface area contributed by atoms with E-state index in [1.54, 1.807) is 30.3 Å². The van der Waals surface area contributed by atoms with Gasteiger partial charge in [0.15, 0.2) is 0 Å². The maximum atomic E-state index is 12.4. The highest BCUT2D eigenvalue weighted by Crippen LogP contribution is 2.34. The van der Waals surface area contributed by atoms with Crippen LogP contribution >= 0.6 is 23.4 Å². The molecule has 0 fully saturated rings. The first kappa shape index (κ1) is 21.9. The van der Waals surface area contributed by atoms with Crippen LogP contribution in [0.15, 0.2) is 53.2 Å². The number of halogens is 1. The number of aryl methyl sites for hydroxylation is 2. The first-order chi connectivity index (χ1) is 14.4. The Balaban J connectivity index is 1.80. The first-order valence-corrected chi connectivity index (χ1v) is 10.6. The van der Waals surface area contributed by atoms with E-state index < -0.39 is 0 Å². The van der Waals surface area contributed by atoms with Gasteiger partial charge in [-0.2, -0.15) is 0 Å². The van der Waals surface area contributed by atoms with Crippen LogP contribution in [0.25, 0.3) is 0 Å². The standard InChI is InChI=1S/C22H22ClN3O3S/c1-13-8-18-19(9-14(13)2)26-21(10-15(24-18)11-22(28)29-3)30-12-20(27)25-17-7-5-4-6-16(17)23/h4-10,24H,11-12H2,1-3H3,(H,25,27). The van der Waals surface area contributed by atoms with Crippen molar-refractivity contribution in [3.05, 3.63) is 64.3 Å². The summed E-state index contributed by atoms with van der Waals surface area (Å²) >= 11 is 7.38. The molecule has 0 saturated carbocycles. The number of benzene rings is 2. The van der Waals surface area contributed by atoms with Crippen LogP contribution in [0.2, 0.25) is 5.02 Å². The summed E-state index contributed by atoms with van der Waals surface area (Å²) < 4.78 is 4.79. The molecule has 0 bridgehead atoms. The fourth-order valence-electron chi connectivity index (χ4n) is 2.79. The first-order valence-electron chi connectivity index (χ1n) is 9.27. The Hall–Kier alpha value is -2.77. The number of ether oxygens (including phenoxy) is 1. The number of hydrogen-bond donors (Lipinski definition) is 2.